The van der Waals surface area contributed by atoms with E-state index < -0.39 is 0 Å². The topological polar surface area (TPSA) is 18.5 Å². The molecular weight excluding hydrogens is 187 g/mol. The summed E-state index contributed by atoms with van der Waals surface area (Å²) in [4.78, 5) is 0. The van der Waals surface area contributed by atoms with E-state index in [4.69, 9.17) is 9.31 Å². The van der Waals surface area contributed by atoms with Crippen LogP contribution < -0.4 is 0 Å². The summed E-state index contributed by atoms with van der Waals surface area (Å²) >= 11 is 0. The predicted molar refractivity (Wildman–Crippen MR) is 62.8 cm³/mol. The van der Waals surface area contributed by atoms with Gasteiger partial charge in [-0.15, -0.1) is 0 Å². The molecule has 15 heavy (non-hydrogen) atoms. The molecule has 0 bridgehead atoms. The summed E-state index contributed by atoms with van der Waals surface area (Å²) in [7, 11) is 0.0300. The van der Waals surface area contributed by atoms with E-state index in [9.17, 15) is 0 Å². The minimum Gasteiger partial charge on any atom is -0.403 e. The molecule has 0 aromatic rings. The van der Waals surface area contributed by atoms with Crippen molar-refractivity contribution in [3.05, 3.63) is 0 Å². The minimum atomic E-state index is -0.165. The van der Waals surface area contributed by atoms with E-state index in [1.54, 1.807) is 0 Å². The Morgan fingerprint density at radius 2 is 1.53 bits per heavy atom. The maximum absolute atomic E-state index is 6.05. The highest BCUT2D eigenvalue weighted by Gasteiger charge is 2.59. The summed E-state index contributed by atoms with van der Waals surface area (Å²) in [5, 5.41) is 0. The molecule has 86 valence electrons. The van der Waals surface area contributed by atoms with Gasteiger partial charge in [0.2, 0.25) is 0 Å². The number of hydrogen-bond acceptors (Lipinski definition) is 2. The maximum atomic E-state index is 6.05. The van der Waals surface area contributed by atoms with E-state index in [1.165, 1.54) is 6.42 Å². The SMILES string of the molecule is CC(C)C1C[C@@H]1B1OC(C)(C)C(C)(C)O1. The van der Waals surface area contributed by atoms with Crippen LogP contribution in [0.4, 0.5) is 0 Å². The van der Waals surface area contributed by atoms with Gasteiger partial charge in [0.25, 0.3) is 0 Å². The Balaban J connectivity index is 2.00. The Hall–Kier alpha value is -0.0151. The molecule has 0 radical (unpaired) electrons. The largest absolute Gasteiger partial charge is 0.461 e. The molecule has 1 aliphatic carbocycles. The molecular formula is C12H23BO2. The lowest BCUT2D eigenvalue weighted by atomic mass is 9.79. The molecule has 1 saturated carbocycles. The second-order valence-electron chi connectivity index (χ2n) is 6.43. The van der Waals surface area contributed by atoms with Gasteiger partial charge >= 0.3 is 7.12 Å². The van der Waals surface area contributed by atoms with Crippen LogP contribution in [0.2, 0.25) is 5.82 Å². The molecule has 1 aliphatic heterocycles. The Labute approximate surface area is 93.9 Å². The van der Waals surface area contributed by atoms with E-state index in [-0.39, 0.29) is 18.3 Å². The van der Waals surface area contributed by atoms with Crippen molar-refractivity contribution >= 4 is 7.12 Å². The summed E-state index contributed by atoms with van der Waals surface area (Å²) in [5.74, 6) is 2.19. The van der Waals surface area contributed by atoms with Gasteiger partial charge < -0.3 is 9.31 Å². The second kappa shape index (κ2) is 3.24. The first-order valence-electron chi connectivity index (χ1n) is 6.10. The minimum absolute atomic E-state index is 0.0300. The maximum Gasteiger partial charge on any atom is 0.461 e. The van der Waals surface area contributed by atoms with Gasteiger partial charge in [-0.3, -0.25) is 0 Å². The van der Waals surface area contributed by atoms with Crippen molar-refractivity contribution in [2.45, 2.75) is 65.0 Å². The lowest BCUT2D eigenvalue weighted by molar-refractivity contribution is 0.00578. The number of rotatable bonds is 2. The van der Waals surface area contributed by atoms with Crippen LogP contribution in [-0.4, -0.2) is 18.3 Å². The Kier molecular flexibility index (Phi) is 2.48. The van der Waals surface area contributed by atoms with Crippen molar-refractivity contribution in [3.63, 3.8) is 0 Å². The zero-order valence-electron chi connectivity index (χ0n) is 10.8. The highest BCUT2D eigenvalue weighted by atomic mass is 16.7. The molecule has 0 aromatic carbocycles. The van der Waals surface area contributed by atoms with Crippen LogP contribution in [0, 0.1) is 11.8 Å². The molecule has 2 atom stereocenters. The van der Waals surface area contributed by atoms with Crippen molar-refractivity contribution in [1.82, 2.24) is 0 Å². The highest BCUT2D eigenvalue weighted by Crippen LogP contribution is 2.55. The second-order valence-corrected chi connectivity index (χ2v) is 6.43. The van der Waals surface area contributed by atoms with Crippen LogP contribution in [0.15, 0.2) is 0 Å². The van der Waals surface area contributed by atoms with E-state index in [2.05, 4.69) is 41.5 Å². The average Bonchev–Trinajstić information content (AvgIpc) is 2.75. The van der Waals surface area contributed by atoms with Crippen molar-refractivity contribution in [1.29, 1.82) is 0 Å². The molecule has 2 fully saturated rings. The van der Waals surface area contributed by atoms with E-state index in [0.29, 0.717) is 5.82 Å². The summed E-state index contributed by atoms with van der Waals surface area (Å²) in [6, 6.07) is 0. The van der Waals surface area contributed by atoms with Gasteiger partial charge in [-0.05, 0) is 51.8 Å². The normalized spacial score (nSPS) is 37.4. The van der Waals surface area contributed by atoms with E-state index >= 15 is 0 Å². The standard InChI is InChI=1S/C12H23BO2/c1-8(2)9-7-10(9)13-14-11(3,4)12(5,6)15-13/h8-10H,7H2,1-6H3/t9?,10-/m0/s1. The van der Waals surface area contributed by atoms with Gasteiger partial charge in [0.05, 0.1) is 11.2 Å². The van der Waals surface area contributed by atoms with Crippen molar-refractivity contribution < 1.29 is 9.31 Å². The van der Waals surface area contributed by atoms with Gasteiger partial charge in [0.1, 0.15) is 0 Å². The molecule has 1 unspecified atom stereocenters. The molecule has 2 nitrogen and oxygen atoms in total. The lowest BCUT2D eigenvalue weighted by Crippen LogP contribution is -2.41. The van der Waals surface area contributed by atoms with Crippen LogP contribution >= 0.6 is 0 Å². The fourth-order valence-electron chi connectivity index (χ4n) is 2.38. The smallest absolute Gasteiger partial charge is 0.403 e. The average molecular weight is 210 g/mol. The fraction of sp³-hybridized carbons (Fsp3) is 1.00. The van der Waals surface area contributed by atoms with Crippen molar-refractivity contribution in [2.24, 2.45) is 11.8 Å². The van der Waals surface area contributed by atoms with Crippen LogP contribution in [0.3, 0.4) is 0 Å². The van der Waals surface area contributed by atoms with E-state index in [0.717, 1.165) is 11.8 Å². The lowest BCUT2D eigenvalue weighted by Gasteiger charge is -2.32. The van der Waals surface area contributed by atoms with Crippen molar-refractivity contribution in [2.75, 3.05) is 0 Å². The first kappa shape index (κ1) is 11.5. The molecule has 1 heterocycles. The van der Waals surface area contributed by atoms with Gasteiger partial charge in [-0.25, -0.2) is 0 Å². The summed E-state index contributed by atoms with van der Waals surface area (Å²) in [6.07, 6.45) is 1.27. The van der Waals surface area contributed by atoms with Crippen LogP contribution in [0.25, 0.3) is 0 Å². The molecule has 1 saturated heterocycles. The van der Waals surface area contributed by atoms with Gasteiger partial charge in [0, 0.05) is 0 Å². The highest BCUT2D eigenvalue weighted by molar-refractivity contribution is 6.48. The third-order valence-electron chi connectivity index (χ3n) is 4.37. The zero-order chi connectivity index (χ0) is 11.4. The Bertz CT molecular complexity index is 244. The third-order valence-corrected chi connectivity index (χ3v) is 4.37. The molecule has 0 spiro atoms. The first-order chi connectivity index (χ1) is 6.74. The van der Waals surface area contributed by atoms with Crippen LogP contribution in [0.1, 0.15) is 48.0 Å². The first-order valence-corrected chi connectivity index (χ1v) is 6.10. The molecule has 0 aromatic heterocycles. The van der Waals surface area contributed by atoms with Gasteiger partial charge in [0.15, 0.2) is 0 Å². The van der Waals surface area contributed by atoms with Crippen LogP contribution in [0.5, 0.6) is 0 Å². The monoisotopic (exact) mass is 210 g/mol. The molecule has 2 rings (SSSR count). The van der Waals surface area contributed by atoms with Crippen LogP contribution in [-0.2, 0) is 9.31 Å². The quantitative estimate of drug-likeness (QED) is 0.652. The van der Waals surface area contributed by atoms with E-state index in [1.807, 2.05) is 0 Å². The fourth-order valence-corrected chi connectivity index (χ4v) is 2.38. The molecule has 0 N–H and O–H groups in total. The Morgan fingerprint density at radius 3 is 1.87 bits per heavy atom. The number of hydrogen-bond donors (Lipinski definition) is 0. The third kappa shape index (κ3) is 1.85. The Morgan fingerprint density at radius 1 is 1.07 bits per heavy atom. The summed E-state index contributed by atoms with van der Waals surface area (Å²) < 4.78 is 12.1. The summed E-state index contributed by atoms with van der Waals surface area (Å²) in [5.41, 5.74) is -0.330. The molecule has 2 aliphatic rings. The predicted octanol–water partition coefficient (Wildman–Crippen LogP) is 3.12. The summed E-state index contributed by atoms with van der Waals surface area (Å²) in [6.45, 7) is 13.1. The van der Waals surface area contributed by atoms with Gasteiger partial charge in [-0.2, -0.15) is 0 Å². The van der Waals surface area contributed by atoms with Crippen molar-refractivity contribution in [3.8, 4) is 0 Å². The molecule has 3 heteroatoms. The zero-order valence-corrected chi connectivity index (χ0v) is 10.8. The van der Waals surface area contributed by atoms with Gasteiger partial charge in [-0.1, -0.05) is 13.8 Å². The molecule has 0 amide bonds.